The van der Waals surface area contributed by atoms with Crippen molar-refractivity contribution in [3.05, 3.63) is 59.2 Å². The number of nitrogens with two attached hydrogens (primary N) is 1. The highest BCUT2D eigenvalue weighted by Gasteiger charge is 2.35. The first-order valence-electron chi connectivity index (χ1n) is 5.73. The van der Waals surface area contributed by atoms with Gasteiger partial charge in [-0.3, -0.25) is 0 Å². The molecule has 0 fully saturated rings. The van der Waals surface area contributed by atoms with Gasteiger partial charge in [-0.05, 0) is 17.7 Å². The fourth-order valence-corrected chi connectivity index (χ4v) is 1.97. The molecule has 1 atom stereocenters. The van der Waals surface area contributed by atoms with E-state index in [4.69, 9.17) is 5.73 Å². The lowest BCUT2D eigenvalue weighted by Crippen LogP contribution is -2.13. The van der Waals surface area contributed by atoms with E-state index in [9.17, 15) is 23.4 Å². The average Bonchev–Trinajstić information content (AvgIpc) is 2.37. The Kier molecular flexibility index (Phi) is 3.59. The summed E-state index contributed by atoms with van der Waals surface area (Å²) in [5, 5.41) is 19.4. The van der Waals surface area contributed by atoms with Crippen LogP contribution in [0.1, 0.15) is 22.8 Å². The van der Waals surface area contributed by atoms with Crippen LogP contribution in [0.15, 0.2) is 42.5 Å². The zero-order chi connectivity index (χ0) is 14.9. The summed E-state index contributed by atoms with van der Waals surface area (Å²) in [6.07, 6.45) is -6.09. The molecule has 4 N–H and O–H groups in total. The minimum absolute atomic E-state index is 0.0227. The Bertz CT molecular complexity index is 626. The van der Waals surface area contributed by atoms with Crippen molar-refractivity contribution in [2.45, 2.75) is 12.3 Å². The molecule has 1 unspecified atom stereocenters. The van der Waals surface area contributed by atoms with Crippen LogP contribution in [0.25, 0.3) is 0 Å². The number of halogens is 3. The molecule has 0 aliphatic carbocycles. The van der Waals surface area contributed by atoms with Gasteiger partial charge in [0, 0.05) is 17.3 Å². The Labute approximate surface area is 113 Å². The average molecular weight is 283 g/mol. The van der Waals surface area contributed by atoms with Crippen LogP contribution in [0.4, 0.5) is 18.9 Å². The first-order valence-corrected chi connectivity index (χ1v) is 5.73. The van der Waals surface area contributed by atoms with Crippen LogP contribution in [0, 0.1) is 0 Å². The van der Waals surface area contributed by atoms with Crippen molar-refractivity contribution in [1.82, 2.24) is 0 Å². The number of hydrogen-bond acceptors (Lipinski definition) is 3. The molecule has 0 saturated heterocycles. The SMILES string of the molecule is Nc1cc(O)ccc1C(O)c1ccccc1C(F)(F)F. The monoisotopic (exact) mass is 283 g/mol. The van der Waals surface area contributed by atoms with E-state index in [0.717, 1.165) is 6.07 Å². The van der Waals surface area contributed by atoms with Gasteiger partial charge in [-0.1, -0.05) is 24.3 Å². The van der Waals surface area contributed by atoms with Crippen molar-refractivity contribution >= 4 is 5.69 Å². The molecule has 0 amide bonds. The maximum atomic E-state index is 12.9. The molecule has 0 saturated carbocycles. The number of hydrogen-bond donors (Lipinski definition) is 3. The minimum atomic E-state index is -4.57. The Morgan fingerprint density at radius 2 is 1.65 bits per heavy atom. The van der Waals surface area contributed by atoms with Crippen LogP contribution in [-0.4, -0.2) is 10.2 Å². The number of aliphatic hydroxyl groups excluding tert-OH is 1. The maximum Gasteiger partial charge on any atom is 0.416 e. The quantitative estimate of drug-likeness (QED) is 0.742. The predicted molar refractivity (Wildman–Crippen MR) is 68.0 cm³/mol. The first-order chi connectivity index (χ1) is 9.30. The van der Waals surface area contributed by atoms with Crippen LogP contribution < -0.4 is 5.73 Å². The molecule has 0 bridgehead atoms. The lowest BCUT2D eigenvalue weighted by atomic mass is 9.95. The number of nitrogen functional groups attached to an aromatic ring is 1. The van der Waals surface area contributed by atoms with E-state index >= 15 is 0 Å². The molecule has 106 valence electrons. The first kappa shape index (κ1) is 14.2. The molecule has 2 aromatic carbocycles. The molecule has 0 heterocycles. The van der Waals surface area contributed by atoms with Gasteiger partial charge in [0.25, 0.3) is 0 Å². The molecule has 0 spiro atoms. The molecular formula is C14H12F3NO2. The Balaban J connectivity index is 2.51. The third-order valence-electron chi connectivity index (χ3n) is 2.93. The topological polar surface area (TPSA) is 66.5 Å². The Hall–Kier alpha value is -2.21. The number of aliphatic hydroxyl groups is 1. The Morgan fingerprint density at radius 1 is 1.00 bits per heavy atom. The van der Waals surface area contributed by atoms with E-state index in [0.29, 0.717) is 0 Å². The number of alkyl halides is 3. The van der Waals surface area contributed by atoms with Crippen molar-refractivity contribution < 1.29 is 23.4 Å². The standard InChI is InChI=1S/C14H12F3NO2/c15-14(16,17)11-4-2-1-3-9(11)13(20)10-6-5-8(19)7-12(10)18/h1-7,13,19-20H,18H2. The van der Waals surface area contributed by atoms with E-state index in [2.05, 4.69) is 0 Å². The van der Waals surface area contributed by atoms with Crippen molar-refractivity contribution in [1.29, 1.82) is 0 Å². The summed E-state index contributed by atoms with van der Waals surface area (Å²) in [4.78, 5) is 0. The van der Waals surface area contributed by atoms with E-state index in [1.165, 1.54) is 36.4 Å². The molecule has 0 aromatic heterocycles. The van der Waals surface area contributed by atoms with Crippen LogP contribution in [0.2, 0.25) is 0 Å². The molecule has 2 aromatic rings. The minimum Gasteiger partial charge on any atom is -0.508 e. The summed E-state index contributed by atoms with van der Waals surface area (Å²) in [6, 6.07) is 8.47. The fourth-order valence-electron chi connectivity index (χ4n) is 1.97. The van der Waals surface area contributed by atoms with Crippen molar-refractivity contribution in [2.24, 2.45) is 0 Å². The number of phenols is 1. The van der Waals surface area contributed by atoms with E-state index in [1.807, 2.05) is 0 Å². The number of anilines is 1. The molecule has 0 aliphatic heterocycles. The Morgan fingerprint density at radius 3 is 2.25 bits per heavy atom. The van der Waals surface area contributed by atoms with Gasteiger partial charge >= 0.3 is 6.18 Å². The number of rotatable bonds is 2. The van der Waals surface area contributed by atoms with Crippen LogP contribution >= 0.6 is 0 Å². The molecule has 3 nitrogen and oxygen atoms in total. The molecule has 0 aliphatic rings. The fraction of sp³-hybridized carbons (Fsp3) is 0.143. The number of phenolic OH excluding ortho intramolecular Hbond substituents is 1. The van der Waals surface area contributed by atoms with Crippen LogP contribution in [0.5, 0.6) is 5.75 Å². The molecule has 0 radical (unpaired) electrons. The summed E-state index contributed by atoms with van der Waals surface area (Å²) in [6.45, 7) is 0. The van der Waals surface area contributed by atoms with Gasteiger partial charge in [0.2, 0.25) is 0 Å². The smallest absolute Gasteiger partial charge is 0.416 e. The lowest BCUT2D eigenvalue weighted by molar-refractivity contribution is -0.139. The summed E-state index contributed by atoms with van der Waals surface area (Å²) < 4.78 is 38.7. The molecular weight excluding hydrogens is 271 g/mol. The van der Waals surface area contributed by atoms with Gasteiger partial charge in [0.1, 0.15) is 11.9 Å². The second-order valence-corrected chi connectivity index (χ2v) is 4.30. The van der Waals surface area contributed by atoms with Crippen molar-refractivity contribution in [3.8, 4) is 5.75 Å². The third-order valence-corrected chi connectivity index (χ3v) is 2.93. The number of aromatic hydroxyl groups is 1. The van der Waals surface area contributed by atoms with Crippen LogP contribution in [-0.2, 0) is 6.18 Å². The van der Waals surface area contributed by atoms with Gasteiger partial charge in [-0.2, -0.15) is 13.2 Å². The summed E-state index contributed by atoms with van der Waals surface area (Å²) in [5.74, 6) is -0.123. The highest BCUT2D eigenvalue weighted by atomic mass is 19.4. The molecule has 20 heavy (non-hydrogen) atoms. The molecule has 6 heteroatoms. The zero-order valence-electron chi connectivity index (χ0n) is 10.2. The maximum absolute atomic E-state index is 12.9. The largest absolute Gasteiger partial charge is 0.508 e. The predicted octanol–water partition coefficient (Wildman–Crippen LogP) is 3.07. The van der Waals surface area contributed by atoms with Gasteiger partial charge in [0.15, 0.2) is 0 Å². The van der Waals surface area contributed by atoms with E-state index in [-0.39, 0.29) is 22.6 Å². The highest BCUT2D eigenvalue weighted by molar-refractivity contribution is 5.54. The number of benzene rings is 2. The third kappa shape index (κ3) is 2.70. The van der Waals surface area contributed by atoms with Gasteiger partial charge in [0.05, 0.1) is 5.56 Å². The lowest BCUT2D eigenvalue weighted by Gasteiger charge is -2.19. The van der Waals surface area contributed by atoms with Crippen molar-refractivity contribution in [2.75, 3.05) is 5.73 Å². The highest BCUT2D eigenvalue weighted by Crippen LogP contribution is 2.38. The van der Waals surface area contributed by atoms with Gasteiger partial charge in [-0.15, -0.1) is 0 Å². The van der Waals surface area contributed by atoms with Crippen molar-refractivity contribution in [3.63, 3.8) is 0 Å². The van der Waals surface area contributed by atoms with Gasteiger partial charge < -0.3 is 15.9 Å². The normalized spacial score (nSPS) is 13.2. The zero-order valence-corrected chi connectivity index (χ0v) is 10.2. The molecule has 2 rings (SSSR count). The second kappa shape index (κ2) is 5.05. The summed E-state index contributed by atoms with van der Waals surface area (Å²) in [5.41, 5.74) is 4.55. The van der Waals surface area contributed by atoms with Crippen LogP contribution in [0.3, 0.4) is 0 Å². The second-order valence-electron chi connectivity index (χ2n) is 4.30. The van der Waals surface area contributed by atoms with E-state index in [1.54, 1.807) is 0 Å². The van der Waals surface area contributed by atoms with E-state index < -0.39 is 17.8 Å². The van der Waals surface area contributed by atoms with Gasteiger partial charge in [-0.25, -0.2) is 0 Å². The summed E-state index contributed by atoms with van der Waals surface area (Å²) >= 11 is 0. The summed E-state index contributed by atoms with van der Waals surface area (Å²) in [7, 11) is 0.